The van der Waals surface area contributed by atoms with Crippen molar-refractivity contribution < 1.29 is 26.0 Å². The quantitative estimate of drug-likeness (QED) is 0.446. The molecular weight excluding hydrogens is 538 g/mol. The summed E-state index contributed by atoms with van der Waals surface area (Å²) in [4.78, 5) is 14.4. The SMILES string of the molecule is Cc1nc(-c2nc(NC3CCN(S(C)(=O)=O)CC3)ncc2C(F)(F)F)cn1-c1ccc(N2CCCC2)cc1F. The van der Waals surface area contributed by atoms with Gasteiger partial charge in [-0.1, -0.05) is 0 Å². The van der Waals surface area contributed by atoms with Crippen LogP contribution in [0.1, 0.15) is 37.1 Å². The van der Waals surface area contributed by atoms with Gasteiger partial charge >= 0.3 is 6.18 Å². The molecule has 14 heteroatoms. The molecule has 0 atom stereocenters. The number of sulfonamides is 1. The van der Waals surface area contributed by atoms with Gasteiger partial charge in [-0.2, -0.15) is 13.2 Å². The van der Waals surface area contributed by atoms with Crippen LogP contribution in [-0.4, -0.2) is 70.7 Å². The Morgan fingerprint density at radius 1 is 1.05 bits per heavy atom. The lowest BCUT2D eigenvalue weighted by Crippen LogP contribution is -2.42. The minimum atomic E-state index is -4.74. The Balaban J connectivity index is 1.43. The van der Waals surface area contributed by atoms with E-state index in [1.54, 1.807) is 19.1 Å². The Bertz CT molecular complexity index is 1460. The molecule has 1 N–H and O–H groups in total. The Morgan fingerprint density at radius 3 is 2.36 bits per heavy atom. The van der Waals surface area contributed by atoms with Crippen LogP contribution in [0.15, 0.2) is 30.6 Å². The van der Waals surface area contributed by atoms with Crippen LogP contribution in [-0.2, 0) is 16.2 Å². The van der Waals surface area contributed by atoms with E-state index in [1.165, 1.54) is 21.1 Å². The first-order valence-electron chi connectivity index (χ1n) is 12.7. The number of halogens is 4. The van der Waals surface area contributed by atoms with Gasteiger partial charge in [0.2, 0.25) is 16.0 Å². The molecule has 210 valence electrons. The van der Waals surface area contributed by atoms with Crippen LogP contribution < -0.4 is 10.2 Å². The van der Waals surface area contributed by atoms with Gasteiger partial charge in [0.25, 0.3) is 0 Å². The van der Waals surface area contributed by atoms with Gasteiger partial charge < -0.3 is 14.8 Å². The highest BCUT2D eigenvalue weighted by molar-refractivity contribution is 7.88. The van der Waals surface area contributed by atoms with E-state index in [1.807, 2.05) is 0 Å². The first-order valence-corrected chi connectivity index (χ1v) is 14.5. The molecule has 2 fully saturated rings. The maximum atomic E-state index is 15.1. The first kappa shape index (κ1) is 27.3. The second-order valence-corrected chi connectivity index (χ2v) is 11.9. The highest BCUT2D eigenvalue weighted by Gasteiger charge is 2.37. The van der Waals surface area contributed by atoms with Crippen LogP contribution in [0.2, 0.25) is 0 Å². The topological polar surface area (TPSA) is 96.2 Å². The number of aromatic nitrogens is 4. The zero-order valence-corrected chi connectivity index (χ0v) is 22.4. The molecule has 0 radical (unpaired) electrons. The Kier molecular flexibility index (Phi) is 7.27. The van der Waals surface area contributed by atoms with E-state index in [2.05, 4.69) is 25.2 Å². The molecule has 39 heavy (non-hydrogen) atoms. The van der Waals surface area contributed by atoms with Gasteiger partial charge in [-0.05, 0) is 50.8 Å². The van der Waals surface area contributed by atoms with Gasteiger partial charge in [0.1, 0.15) is 28.6 Å². The van der Waals surface area contributed by atoms with Crippen molar-refractivity contribution in [2.75, 3.05) is 42.7 Å². The standard InChI is InChI=1S/C25H29F4N7O2S/c1-16-31-21(15-36(16)22-6-5-18(13-20(22)26)34-9-3-4-10-34)23-19(25(27,28)29)14-30-24(33-23)32-17-7-11-35(12-8-17)39(2,37)38/h5-6,13-15,17H,3-4,7-12H2,1-2H3,(H,30,32,33). The fourth-order valence-corrected chi connectivity index (χ4v) is 5.94. The van der Waals surface area contributed by atoms with Crippen molar-refractivity contribution >= 4 is 21.7 Å². The number of hydrogen-bond acceptors (Lipinski definition) is 7. The van der Waals surface area contributed by atoms with E-state index in [9.17, 15) is 21.6 Å². The average molecular weight is 568 g/mol. The summed E-state index contributed by atoms with van der Waals surface area (Å²) < 4.78 is 83.1. The molecule has 0 spiro atoms. The van der Waals surface area contributed by atoms with Crippen molar-refractivity contribution in [3.8, 4) is 17.1 Å². The number of rotatable bonds is 6. The van der Waals surface area contributed by atoms with Gasteiger partial charge in [0, 0.05) is 50.3 Å². The second kappa shape index (κ2) is 10.4. The van der Waals surface area contributed by atoms with Crippen LogP contribution in [0.3, 0.4) is 0 Å². The third kappa shape index (κ3) is 5.86. The number of aryl methyl sites for hydroxylation is 1. The molecule has 0 saturated carbocycles. The van der Waals surface area contributed by atoms with Crippen molar-refractivity contribution in [3.63, 3.8) is 0 Å². The summed E-state index contributed by atoms with van der Waals surface area (Å²) in [6.45, 7) is 3.87. The monoisotopic (exact) mass is 567 g/mol. The summed E-state index contributed by atoms with van der Waals surface area (Å²) in [5.74, 6) is -0.232. The van der Waals surface area contributed by atoms with Crippen molar-refractivity contribution in [1.82, 2.24) is 23.8 Å². The molecule has 1 aromatic carbocycles. The molecular formula is C25H29F4N7O2S. The van der Waals surface area contributed by atoms with Crippen LogP contribution in [0.5, 0.6) is 0 Å². The van der Waals surface area contributed by atoms with Gasteiger partial charge in [-0.3, -0.25) is 0 Å². The average Bonchev–Trinajstić information content (AvgIpc) is 3.53. The van der Waals surface area contributed by atoms with Gasteiger partial charge in [0.05, 0.1) is 11.9 Å². The summed E-state index contributed by atoms with van der Waals surface area (Å²) in [6.07, 6.45) is 1.44. The number of hydrogen-bond donors (Lipinski definition) is 1. The van der Waals surface area contributed by atoms with E-state index in [4.69, 9.17) is 0 Å². The fraction of sp³-hybridized carbons (Fsp3) is 0.480. The minimum Gasteiger partial charge on any atom is -0.371 e. The molecule has 2 saturated heterocycles. The normalized spacial score (nSPS) is 17.6. The first-order chi connectivity index (χ1) is 18.4. The largest absolute Gasteiger partial charge is 0.420 e. The lowest BCUT2D eigenvalue weighted by atomic mass is 10.1. The van der Waals surface area contributed by atoms with E-state index in [-0.39, 0.29) is 36.5 Å². The van der Waals surface area contributed by atoms with Gasteiger partial charge in [-0.25, -0.2) is 32.1 Å². The predicted octanol–water partition coefficient (Wildman–Crippen LogP) is 4.23. The van der Waals surface area contributed by atoms with Crippen LogP contribution in [0.4, 0.5) is 29.2 Å². The Hall–Kier alpha value is -3.26. The minimum absolute atomic E-state index is 0.0239. The molecule has 9 nitrogen and oxygen atoms in total. The van der Waals surface area contributed by atoms with Crippen LogP contribution in [0, 0.1) is 12.7 Å². The van der Waals surface area contributed by atoms with E-state index >= 15 is 4.39 Å². The van der Waals surface area contributed by atoms with E-state index in [0.717, 1.165) is 37.9 Å². The molecule has 0 unspecified atom stereocenters. The summed E-state index contributed by atoms with van der Waals surface area (Å²) in [6, 6.07) is 4.62. The molecule has 0 amide bonds. The molecule has 2 aliphatic rings. The lowest BCUT2D eigenvalue weighted by molar-refractivity contribution is -0.137. The van der Waals surface area contributed by atoms with Crippen molar-refractivity contribution in [1.29, 1.82) is 0 Å². The third-order valence-electron chi connectivity index (χ3n) is 7.14. The summed E-state index contributed by atoms with van der Waals surface area (Å²) in [5, 5.41) is 3.03. The van der Waals surface area contributed by atoms with Crippen LogP contribution in [0.25, 0.3) is 17.1 Å². The molecule has 2 aromatic heterocycles. The summed E-state index contributed by atoms with van der Waals surface area (Å²) in [7, 11) is -3.31. The highest BCUT2D eigenvalue weighted by atomic mass is 32.2. The number of imidazole rings is 1. The highest BCUT2D eigenvalue weighted by Crippen LogP contribution is 2.36. The molecule has 3 aromatic rings. The number of piperidine rings is 1. The molecule has 4 heterocycles. The predicted molar refractivity (Wildman–Crippen MR) is 139 cm³/mol. The number of anilines is 2. The molecule has 0 bridgehead atoms. The number of alkyl halides is 3. The van der Waals surface area contributed by atoms with Crippen LogP contribution >= 0.6 is 0 Å². The maximum Gasteiger partial charge on any atom is 0.420 e. The van der Waals surface area contributed by atoms with Gasteiger partial charge in [0.15, 0.2) is 0 Å². The summed E-state index contributed by atoms with van der Waals surface area (Å²) >= 11 is 0. The Morgan fingerprint density at radius 2 is 1.74 bits per heavy atom. The summed E-state index contributed by atoms with van der Waals surface area (Å²) in [5.41, 5.74) is -0.619. The van der Waals surface area contributed by atoms with E-state index in [0.29, 0.717) is 24.9 Å². The smallest absolute Gasteiger partial charge is 0.371 e. The second-order valence-electron chi connectivity index (χ2n) is 9.91. The van der Waals surface area contributed by atoms with Crippen molar-refractivity contribution in [2.24, 2.45) is 0 Å². The van der Waals surface area contributed by atoms with E-state index < -0.39 is 33.3 Å². The fourth-order valence-electron chi connectivity index (χ4n) is 5.06. The van der Waals surface area contributed by atoms with Crippen molar-refractivity contribution in [3.05, 3.63) is 47.8 Å². The molecule has 0 aliphatic carbocycles. The maximum absolute atomic E-state index is 15.1. The number of benzene rings is 1. The lowest BCUT2D eigenvalue weighted by Gasteiger charge is -2.30. The van der Waals surface area contributed by atoms with Crippen molar-refractivity contribution in [2.45, 2.75) is 44.8 Å². The zero-order chi connectivity index (χ0) is 27.9. The molecule has 5 rings (SSSR count). The molecule has 2 aliphatic heterocycles. The number of nitrogens with one attached hydrogen (secondary N) is 1. The third-order valence-corrected chi connectivity index (χ3v) is 8.44. The zero-order valence-electron chi connectivity index (χ0n) is 21.5. The Labute approximate surface area is 223 Å². The van der Waals surface area contributed by atoms with Gasteiger partial charge in [-0.15, -0.1) is 0 Å². The number of nitrogens with zero attached hydrogens (tertiary/aromatic N) is 6.